The lowest BCUT2D eigenvalue weighted by molar-refractivity contribution is 1.27. The first-order chi connectivity index (χ1) is 29.3. The first kappa shape index (κ1) is 32.6. The summed E-state index contributed by atoms with van der Waals surface area (Å²) in [5.41, 5.74) is 23.8. The van der Waals surface area contributed by atoms with E-state index in [9.17, 15) is 0 Å². The number of benzene rings is 9. The van der Waals surface area contributed by atoms with Crippen LogP contribution in [0.5, 0.6) is 0 Å². The summed E-state index contributed by atoms with van der Waals surface area (Å²) in [5, 5.41) is 0. The van der Waals surface area contributed by atoms with Gasteiger partial charge in [-0.3, -0.25) is 0 Å². The van der Waals surface area contributed by atoms with Gasteiger partial charge in [-0.1, -0.05) is 164 Å². The normalized spacial score (nSPS) is 13.3. The van der Waals surface area contributed by atoms with E-state index in [0.717, 1.165) is 11.4 Å². The van der Waals surface area contributed by atoms with E-state index in [0.29, 0.717) is 0 Å². The quantitative estimate of drug-likeness (QED) is 0.167. The predicted molar refractivity (Wildman–Crippen MR) is 250 cm³/mol. The molecule has 272 valence electrons. The Hall–Kier alpha value is -7.49. The average molecular weight is 748 g/mol. The smallest absolute Gasteiger partial charge is 0.329 e. The van der Waals surface area contributed by atoms with Crippen LogP contribution in [0, 0.1) is 0 Å². The number of rotatable bonds is 3. The molecule has 0 aliphatic carbocycles. The van der Waals surface area contributed by atoms with Gasteiger partial charge in [0.05, 0.1) is 5.69 Å². The van der Waals surface area contributed by atoms with Crippen LogP contribution in [0.3, 0.4) is 0 Å². The van der Waals surface area contributed by atoms with Gasteiger partial charge in [-0.2, -0.15) is 0 Å². The van der Waals surface area contributed by atoms with Crippen molar-refractivity contribution in [2.45, 2.75) is 0 Å². The average Bonchev–Trinajstić information content (AvgIpc) is 3.31. The number of hydrogen-bond donors (Lipinski definition) is 0. The minimum absolute atomic E-state index is 0.0693. The Kier molecular flexibility index (Phi) is 6.90. The van der Waals surface area contributed by atoms with E-state index < -0.39 is 0 Å². The highest BCUT2D eigenvalue weighted by molar-refractivity contribution is 6.96. The van der Waals surface area contributed by atoms with Gasteiger partial charge in [0.2, 0.25) is 0 Å². The second-order valence-electron chi connectivity index (χ2n) is 15.9. The molecule has 0 N–H and O–H groups in total. The fraction of sp³-hybridized carbons (Fsp3) is 0. The van der Waals surface area contributed by atoms with Gasteiger partial charge in [0.25, 0.3) is 0 Å². The van der Waals surface area contributed by atoms with Crippen LogP contribution >= 0.6 is 0 Å². The highest BCUT2D eigenvalue weighted by atomic mass is 15.2. The van der Waals surface area contributed by atoms with E-state index in [1.54, 1.807) is 0 Å². The molecule has 0 atom stereocenters. The molecular weight excluding hydrogens is 712 g/mol. The minimum Gasteiger partial charge on any atom is -0.376 e. The number of fused-ring (bicyclic) bond motifs is 22. The van der Waals surface area contributed by atoms with Crippen molar-refractivity contribution in [3.8, 4) is 44.5 Å². The summed E-state index contributed by atoms with van der Waals surface area (Å²) < 4.78 is 0. The first-order valence-electron chi connectivity index (χ1n) is 20.6. The zero-order valence-electron chi connectivity index (χ0n) is 32.2. The molecule has 4 heterocycles. The predicted octanol–water partition coefficient (Wildman–Crippen LogP) is 11.0. The van der Waals surface area contributed by atoms with Crippen LogP contribution in [0.4, 0.5) is 39.8 Å². The van der Waals surface area contributed by atoms with Crippen molar-refractivity contribution in [3.63, 3.8) is 0 Å². The molecule has 4 aliphatic rings. The summed E-state index contributed by atoms with van der Waals surface area (Å²) >= 11 is 0. The molecule has 0 fully saturated rings. The lowest BCUT2D eigenvalue weighted by Gasteiger charge is -2.48. The lowest BCUT2D eigenvalue weighted by atomic mass is 9.39. The molecule has 0 radical (unpaired) electrons. The van der Waals surface area contributed by atoms with Crippen LogP contribution in [-0.2, 0) is 0 Å². The third-order valence-electron chi connectivity index (χ3n) is 13.0. The number of hydrogen-bond acceptors (Lipinski definition) is 3. The van der Waals surface area contributed by atoms with E-state index in [2.05, 4.69) is 227 Å². The van der Waals surface area contributed by atoms with Gasteiger partial charge in [-0.25, -0.2) is 0 Å². The molecule has 9 aromatic carbocycles. The van der Waals surface area contributed by atoms with Crippen molar-refractivity contribution >= 4 is 75.4 Å². The maximum absolute atomic E-state index is 2.62. The Bertz CT molecular complexity index is 2950. The molecule has 13 rings (SSSR count). The largest absolute Gasteiger partial charge is 0.376 e. The van der Waals surface area contributed by atoms with Crippen molar-refractivity contribution in [2.75, 3.05) is 14.5 Å². The molecule has 0 spiro atoms. The Morgan fingerprint density at radius 2 is 0.610 bits per heavy atom. The second kappa shape index (κ2) is 12.5. The molecule has 0 saturated heterocycles. The van der Waals surface area contributed by atoms with Gasteiger partial charge in [0.15, 0.2) is 0 Å². The molecule has 9 aromatic rings. The summed E-state index contributed by atoms with van der Waals surface area (Å²) in [5.74, 6) is 0. The molecule has 4 aliphatic heterocycles. The summed E-state index contributed by atoms with van der Waals surface area (Å²) in [6, 6.07) is 78.9. The molecule has 0 saturated carbocycles. The summed E-state index contributed by atoms with van der Waals surface area (Å²) in [6.45, 7) is -0.139. The molecule has 0 unspecified atom stereocenters. The van der Waals surface area contributed by atoms with E-state index in [1.165, 1.54) is 94.8 Å². The Morgan fingerprint density at radius 1 is 0.288 bits per heavy atom. The van der Waals surface area contributed by atoms with Crippen LogP contribution in [0.15, 0.2) is 212 Å². The van der Waals surface area contributed by atoms with E-state index in [-0.39, 0.29) is 13.7 Å². The Labute approximate surface area is 345 Å². The SMILES string of the molecule is c1ccc(N(c2ccccc2)c2c3c(cc4c2-c2ccccc2N2B4c4ccccc4-c4ccccc42)B2c4ccccc4-c4ccccc4N2c2ccccc2-3)cc1. The van der Waals surface area contributed by atoms with Crippen LogP contribution < -0.4 is 36.4 Å². The third kappa shape index (κ3) is 4.50. The number of anilines is 7. The van der Waals surface area contributed by atoms with Crippen LogP contribution in [0.25, 0.3) is 44.5 Å². The van der Waals surface area contributed by atoms with Crippen LogP contribution in [-0.4, -0.2) is 13.7 Å². The molecular formula is C54H35B2N3. The van der Waals surface area contributed by atoms with Crippen LogP contribution in [0.1, 0.15) is 0 Å². The number of nitrogens with zero attached hydrogens (tertiary/aromatic N) is 3. The van der Waals surface area contributed by atoms with Gasteiger partial charge >= 0.3 is 13.7 Å². The fourth-order valence-electron chi connectivity index (χ4n) is 10.8. The topological polar surface area (TPSA) is 9.72 Å². The van der Waals surface area contributed by atoms with Gasteiger partial charge < -0.3 is 14.5 Å². The van der Waals surface area contributed by atoms with Crippen molar-refractivity contribution in [1.29, 1.82) is 0 Å². The third-order valence-corrected chi connectivity index (χ3v) is 13.0. The molecule has 0 amide bonds. The van der Waals surface area contributed by atoms with Gasteiger partial charge in [-0.15, -0.1) is 0 Å². The Morgan fingerprint density at radius 3 is 1.03 bits per heavy atom. The summed E-state index contributed by atoms with van der Waals surface area (Å²) in [4.78, 5) is 7.79. The molecule has 0 aromatic heterocycles. The molecule has 0 bridgehead atoms. The fourth-order valence-corrected chi connectivity index (χ4v) is 10.8. The minimum atomic E-state index is -0.0693. The monoisotopic (exact) mass is 747 g/mol. The van der Waals surface area contributed by atoms with E-state index in [4.69, 9.17) is 0 Å². The van der Waals surface area contributed by atoms with Crippen molar-refractivity contribution in [1.82, 2.24) is 0 Å². The molecule has 59 heavy (non-hydrogen) atoms. The maximum Gasteiger partial charge on any atom is 0.329 e. The zero-order chi connectivity index (χ0) is 38.6. The highest BCUT2D eigenvalue weighted by Gasteiger charge is 2.49. The summed E-state index contributed by atoms with van der Waals surface area (Å²) in [6.07, 6.45) is 0. The second-order valence-corrected chi connectivity index (χ2v) is 15.9. The van der Waals surface area contributed by atoms with Crippen molar-refractivity contribution < 1.29 is 0 Å². The lowest BCUT2D eigenvalue weighted by Crippen LogP contribution is -2.64. The van der Waals surface area contributed by atoms with E-state index in [1.807, 2.05) is 0 Å². The highest BCUT2D eigenvalue weighted by Crippen LogP contribution is 2.55. The zero-order valence-corrected chi connectivity index (χ0v) is 32.2. The van der Waals surface area contributed by atoms with Gasteiger partial charge in [0.1, 0.15) is 0 Å². The standard InChI is InChI=1S/C54H35B2N3/c1-3-19-36(20-4-1)57(37-21-5-2-6-22-37)54-52-42-27-11-17-33-50(42)58-48-31-15-9-25-40(48)38-23-7-13-29-44(38)55(58)46(52)35-47-53(54)43-28-12-18-34-51(43)59-49-32-16-10-26-41(49)39-24-8-14-30-45(39)56(47)59/h1-35H. The first-order valence-corrected chi connectivity index (χ1v) is 20.6. The van der Waals surface area contributed by atoms with Crippen molar-refractivity contribution in [3.05, 3.63) is 212 Å². The molecule has 5 heteroatoms. The van der Waals surface area contributed by atoms with E-state index >= 15 is 0 Å². The van der Waals surface area contributed by atoms with Gasteiger partial charge in [-0.05, 0) is 81.5 Å². The number of para-hydroxylation sites is 6. The van der Waals surface area contributed by atoms with Crippen LogP contribution in [0.2, 0.25) is 0 Å². The molecule has 3 nitrogen and oxygen atoms in total. The summed E-state index contributed by atoms with van der Waals surface area (Å²) in [7, 11) is 0. The maximum atomic E-state index is 2.62. The van der Waals surface area contributed by atoms with Gasteiger partial charge in [0, 0.05) is 67.5 Å². The Balaban J connectivity index is 1.24. The van der Waals surface area contributed by atoms with Crippen molar-refractivity contribution in [2.24, 2.45) is 0 Å².